The molecule has 2 N–H and O–H groups in total. The van der Waals surface area contributed by atoms with Crippen LogP contribution in [0.25, 0.3) is 6.08 Å². The second-order valence-corrected chi connectivity index (χ2v) is 10.2. The summed E-state index contributed by atoms with van der Waals surface area (Å²) in [4.78, 5) is 51.3. The summed E-state index contributed by atoms with van der Waals surface area (Å²) in [6.45, 7) is 1.22. The van der Waals surface area contributed by atoms with Gasteiger partial charge in [-0.3, -0.25) is 24.1 Å². The Balaban J connectivity index is 1.37. The first-order chi connectivity index (χ1) is 19.7. The Kier molecular flexibility index (Phi) is 9.53. The smallest absolute Gasteiger partial charge is 0.294 e. The van der Waals surface area contributed by atoms with Crippen molar-refractivity contribution in [3.8, 4) is 17.2 Å². The van der Waals surface area contributed by atoms with Gasteiger partial charge < -0.3 is 24.8 Å². The van der Waals surface area contributed by atoms with Crippen LogP contribution in [0.3, 0.4) is 0 Å². The van der Waals surface area contributed by atoms with E-state index < -0.39 is 23.6 Å². The molecule has 0 atom stereocenters. The van der Waals surface area contributed by atoms with Crippen LogP contribution in [0.5, 0.6) is 17.2 Å². The molecule has 0 aromatic heterocycles. The van der Waals surface area contributed by atoms with Gasteiger partial charge in [-0.25, -0.2) is 0 Å². The van der Waals surface area contributed by atoms with Crippen LogP contribution in [0, 0.1) is 6.92 Å². The van der Waals surface area contributed by atoms with E-state index in [1.54, 1.807) is 36.4 Å². The molecule has 1 fully saturated rings. The highest BCUT2D eigenvalue weighted by Gasteiger charge is 2.36. The fraction of sp³-hybridized carbons (Fsp3) is 0.172. The Morgan fingerprint density at radius 1 is 0.902 bits per heavy atom. The molecule has 4 rings (SSSR count). The van der Waals surface area contributed by atoms with Gasteiger partial charge >= 0.3 is 0 Å². The molecule has 4 amide bonds. The van der Waals surface area contributed by atoms with Crippen molar-refractivity contribution in [2.45, 2.75) is 6.92 Å². The van der Waals surface area contributed by atoms with Gasteiger partial charge in [-0.2, -0.15) is 0 Å². The molecular weight excluding hydrogens is 570 g/mol. The standard InChI is InChI=1S/C29H26ClN3O7S/c1-17-5-4-6-19(11-17)32-27(35)16-40-23-9-7-18(12-24(23)39-3)13-25-28(36)33(29(37)41-25)15-26(34)31-20-8-10-22(38-2)21(30)14-20/h4-14H,15-16H2,1-3H3,(H,31,34)(H,32,35)/b25-13+. The molecule has 212 valence electrons. The van der Waals surface area contributed by atoms with Crippen LogP contribution < -0.4 is 24.8 Å². The molecule has 1 aliphatic heterocycles. The molecule has 0 radical (unpaired) electrons. The van der Waals surface area contributed by atoms with Crippen molar-refractivity contribution in [1.29, 1.82) is 0 Å². The second-order valence-electron chi connectivity index (χ2n) is 8.78. The number of hydrogen-bond acceptors (Lipinski definition) is 8. The molecular formula is C29H26ClN3O7S. The number of carbonyl (C=O) groups is 4. The van der Waals surface area contributed by atoms with Crippen LogP contribution in [-0.4, -0.2) is 55.2 Å². The van der Waals surface area contributed by atoms with Crippen LogP contribution in [0.4, 0.5) is 16.2 Å². The summed E-state index contributed by atoms with van der Waals surface area (Å²) >= 11 is 6.80. The quantitative estimate of drug-likeness (QED) is 0.300. The minimum atomic E-state index is -0.602. The number of nitrogens with one attached hydrogen (secondary N) is 2. The predicted molar refractivity (Wildman–Crippen MR) is 158 cm³/mol. The molecule has 1 saturated heterocycles. The number of imide groups is 1. The van der Waals surface area contributed by atoms with Gasteiger partial charge in [0, 0.05) is 11.4 Å². The molecule has 10 nitrogen and oxygen atoms in total. The topological polar surface area (TPSA) is 123 Å². The van der Waals surface area contributed by atoms with Crippen molar-refractivity contribution in [2.24, 2.45) is 0 Å². The lowest BCUT2D eigenvalue weighted by Gasteiger charge is -2.13. The maximum absolute atomic E-state index is 12.9. The van der Waals surface area contributed by atoms with Gasteiger partial charge in [0.2, 0.25) is 5.91 Å². The molecule has 0 saturated carbocycles. The van der Waals surface area contributed by atoms with E-state index in [2.05, 4.69) is 10.6 Å². The van der Waals surface area contributed by atoms with Gasteiger partial charge in [0.05, 0.1) is 24.1 Å². The van der Waals surface area contributed by atoms with Crippen LogP contribution in [-0.2, 0) is 14.4 Å². The van der Waals surface area contributed by atoms with Crippen molar-refractivity contribution in [3.05, 3.63) is 81.7 Å². The number of thioether (sulfide) groups is 1. The zero-order valence-electron chi connectivity index (χ0n) is 22.4. The van der Waals surface area contributed by atoms with Crippen molar-refractivity contribution >= 4 is 63.8 Å². The summed E-state index contributed by atoms with van der Waals surface area (Å²) in [6, 6.07) is 17.0. The summed E-state index contributed by atoms with van der Waals surface area (Å²) in [5.41, 5.74) is 2.63. The average Bonchev–Trinajstić information content (AvgIpc) is 3.19. The Hall–Kier alpha value is -4.48. The van der Waals surface area contributed by atoms with E-state index in [1.165, 1.54) is 26.4 Å². The number of nitrogens with zero attached hydrogens (tertiary/aromatic N) is 1. The molecule has 0 spiro atoms. The minimum absolute atomic E-state index is 0.142. The lowest BCUT2D eigenvalue weighted by atomic mass is 10.2. The van der Waals surface area contributed by atoms with E-state index in [-0.39, 0.29) is 17.4 Å². The van der Waals surface area contributed by atoms with Gasteiger partial charge in [0.1, 0.15) is 12.3 Å². The number of rotatable bonds is 10. The summed E-state index contributed by atoms with van der Waals surface area (Å²) in [5.74, 6) is -0.402. The van der Waals surface area contributed by atoms with E-state index in [4.69, 9.17) is 25.8 Å². The van der Waals surface area contributed by atoms with Gasteiger partial charge in [-0.15, -0.1) is 0 Å². The monoisotopic (exact) mass is 595 g/mol. The first kappa shape index (κ1) is 29.5. The normalized spacial score (nSPS) is 13.8. The Morgan fingerprint density at radius 2 is 1.61 bits per heavy atom. The van der Waals surface area contributed by atoms with Gasteiger partial charge in [0.15, 0.2) is 18.1 Å². The maximum atomic E-state index is 12.9. The van der Waals surface area contributed by atoms with E-state index in [0.717, 1.165) is 22.2 Å². The average molecular weight is 596 g/mol. The zero-order chi connectivity index (χ0) is 29.5. The van der Waals surface area contributed by atoms with Crippen molar-refractivity contribution in [1.82, 2.24) is 4.90 Å². The lowest BCUT2D eigenvalue weighted by Crippen LogP contribution is -2.36. The summed E-state index contributed by atoms with van der Waals surface area (Å²) in [7, 11) is 2.92. The molecule has 12 heteroatoms. The van der Waals surface area contributed by atoms with Crippen molar-refractivity contribution in [2.75, 3.05) is 38.0 Å². The molecule has 0 unspecified atom stereocenters. The number of ether oxygens (including phenoxy) is 3. The summed E-state index contributed by atoms with van der Waals surface area (Å²) in [6.07, 6.45) is 1.52. The molecule has 1 heterocycles. The van der Waals surface area contributed by atoms with Crippen molar-refractivity contribution < 1.29 is 33.4 Å². The minimum Gasteiger partial charge on any atom is -0.495 e. The number of carbonyl (C=O) groups excluding carboxylic acids is 4. The Labute approximate surface area is 245 Å². The number of aryl methyl sites for hydroxylation is 1. The van der Waals surface area contributed by atoms with Gasteiger partial charge in [-0.1, -0.05) is 29.8 Å². The Morgan fingerprint density at radius 3 is 2.32 bits per heavy atom. The van der Waals surface area contributed by atoms with Crippen LogP contribution in [0.15, 0.2) is 65.6 Å². The molecule has 3 aromatic rings. The number of amides is 4. The first-order valence-corrected chi connectivity index (χ1v) is 13.4. The van der Waals surface area contributed by atoms with Gasteiger partial charge in [-0.05, 0) is 78.4 Å². The fourth-order valence-corrected chi connectivity index (χ4v) is 4.93. The maximum Gasteiger partial charge on any atom is 0.294 e. The van der Waals surface area contributed by atoms with Crippen LogP contribution in [0.1, 0.15) is 11.1 Å². The third-order valence-electron chi connectivity index (χ3n) is 5.76. The molecule has 41 heavy (non-hydrogen) atoms. The molecule has 0 bridgehead atoms. The third kappa shape index (κ3) is 7.59. The highest BCUT2D eigenvalue weighted by Crippen LogP contribution is 2.35. The summed E-state index contributed by atoms with van der Waals surface area (Å²) < 4.78 is 16.1. The fourth-order valence-electron chi connectivity index (χ4n) is 3.83. The highest BCUT2D eigenvalue weighted by molar-refractivity contribution is 8.18. The molecule has 0 aliphatic carbocycles. The second kappa shape index (κ2) is 13.2. The SMILES string of the molecule is COc1ccc(NC(=O)CN2C(=O)S/C(=C/c3ccc(OCC(=O)Nc4cccc(C)c4)c(OC)c3)C2=O)cc1Cl. The van der Waals surface area contributed by atoms with E-state index >= 15 is 0 Å². The van der Waals surface area contributed by atoms with Crippen molar-refractivity contribution in [3.63, 3.8) is 0 Å². The number of hydrogen-bond donors (Lipinski definition) is 2. The van der Waals surface area contributed by atoms with Gasteiger partial charge in [0.25, 0.3) is 17.1 Å². The van der Waals surface area contributed by atoms with Crippen LogP contribution in [0.2, 0.25) is 5.02 Å². The number of halogens is 1. The molecule has 1 aliphatic rings. The third-order valence-corrected chi connectivity index (χ3v) is 6.96. The van der Waals surface area contributed by atoms with E-state index in [0.29, 0.717) is 39.2 Å². The number of anilines is 2. The predicted octanol–water partition coefficient (Wildman–Crippen LogP) is 5.36. The molecule has 3 aromatic carbocycles. The lowest BCUT2D eigenvalue weighted by molar-refractivity contribution is -0.127. The highest BCUT2D eigenvalue weighted by atomic mass is 35.5. The summed E-state index contributed by atoms with van der Waals surface area (Å²) in [5, 5.41) is 5.11. The largest absolute Gasteiger partial charge is 0.495 e. The van der Waals surface area contributed by atoms with E-state index in [1.807, 2.05) is 25.1 Å². The van der Waals surface area contributed by atoms with E-state index in [9.17, 15) is 19.2 Å². The Bertz CT molecular complexity index is 1540. The van der Waals surface area contributed by atoms with Crippen LogP contribution >= 0.6 is 23.4 Å². The number of benzene rings is 3. The zero-order valence-corrected chi connectivity index (χ0v) is 23.9. The number of methoxy groups -OCH3 is 2. The first-order valence-electron chi connectivity index (χ1n) is 12.2.